The van der Waals surface area contributed by atoms with Gasteiger partial charge >= 0.3 is 6.18 Å². The molecule has 0 bridgehead atoms. The van der Waals surface area contributed by atoms with Gasteiger partial charge in [-0.1, -0.05) is 13.0 Å². The van der Waals surface area contributed by atoms with Crippen LogP contribution in [-0.2, 0) is 10.9 Å². The molecule has 0 heterocycles. The van der Waals surface area contributed by atoms with Gasteiger partial charge in [0.15, 0.2) is 0 Å². The predicted molar refractivity (Wildman–Crippen MR) is 70.1 cm³/mol. The quantitative estimate of drug-likeness (QED) is 0.757. The number of halogens is 4. The molecule has 2 rings (SSSR count). The van der Waals surface area contributed by atoms with Crippen molar-refractivity contribution in [2.75, 3.05) is 6.61 Å². The number of rotatable bonds is 5. The van der Waals surface area contributed by atoms with Crippen LogP contribution in [0.3, 0.4) is 0 Å². The van der Waals surface area contributed by atoms with Crippen molar-refractivity contribution < 1.29 is 22.6 Å². The Hall–Kier alpha value is -0.940. The van der Waals surface area contributed by atoms with Crippen molar-refractivity contribution in [3.63, 3.8) is 0 Å². The van der Waals surface area contributed by atoms with Gasteiger partial charge in [0.05, 0.1) is 10.9 Å². The highest BCUT2D eigenvalue weighted by Gasteiger charge is 2.43. The highest BCUT2D eigenvalue weighted by Crippen LogP contribution is 2.35. The van der Waals surface area contributed by atoms with Crippen LogP contribution in [0.4, 0.5) is 13.2 Å². The lowest BCUT2D eigenvalue weighted by molar-refractivity contribution is -0.137. The molecule has 3 atom stereocenters. The van der Waals surface area contributed by atoms with Crippen molar-refractivity contribution in [1.29, 1.82) is 0 Å². The van der Waals surface area contributed by atoms with Crippen molar-refractivity contribution in [3.8, 4) is 5.75 Å². The van der Waals surface area contributed by atoms with E-state index in [2.05, 4.69) is 0 Å². The Bertz CT molecular complexity index is 450. The van der Waals surface area contributed by atoms with Crippen LogP contribution in [0.15, 0.2) is 24.3 Å². The lowest BCUT2D eigenvalue weighted by Crippen LogP contribution is -2.52. The molecule has 0 aromatic heterocycles. The SMILES string of the molecule is CCCOC1C(Cl)CC1Oc1cccc(C(F)(F)F)c1. The summed E-state index contributed by atoms with van der Waals surface area (Å²) in [6.07, 6.45) is -3.48. The van der Waals surface area contributed by atoms with Gasteiger partial charge in [0.2, 0.25) is 0 Å². The first-order valence-corrected chi connectivity index (χ1v) is 6.95. The lowest BCUT2D eigenvalue weighted by Gasteiger charge is -2.40. The summed E-state index contributed by atoms with van der Waals surface area (Å²) in [6.45, 7) is 2.54. The fraction of sp³-hybridized carbons (Fsp3) is 0.571. The maximum absolute atomic E-state index is 12.6. The van der Waals surface area contributed by atoms with Crippen LogP contribution < -0.4 is 4.74 Å². The number of hydrogen-bond donors (Lipinski definition) is 0. The number of ether oxygens (including phenoxy) is 2. The van der Waals surface area contributed by atoms with E-state index in [1.165, 1.54) is 12.1 Å². The summed E-state index contributed by atoms with van der Waals surface area (Å²) in [5, 5.41) is -0.141. The number of benzene rings is 1. The molecule has 20 heavy (non-hydrogen) atoms. The minimum absolute atomic E-state index is 0.141. The first kappa shape index (κ1) is 15.4. The van der Waals surface area contributed by atoms with E-state index in [0.29, 0.717) is 13.0 Å². The van der Waals surface area contributed by atoms with Gasteiger partial charge in [0.25, 0.3) is 0 Å². The largest absolute Gasteiger partial charge is 0.488 e. The Morgan fingerprint density at radius 3 is 2.70 bits per heavy atom. The molecule has 1 saturated carbocycles. The van der Waals surface area contributed by atoms with E-state index < -0.39 is 11.7 Å². The van der Waals surface area contributed by atoms with Gasteiger partial charge < -0.3 is 9.47 Å². The van der Waals surface area contributed by atoms with E-state index in [4.69, 9.17) is 21.1 Å². The molecule has 0 aliphatic heterocycles. The minimum atomic E-state index is -4.37. The second-order valence-corrected chi connectivity index (χ2v) is 5.33. The van der Waals surface area contributed by atoms with Crippen LogP contribution in [0.25, 0.3) is 0 Å². The van der Waals surface area contributed by atoms with Crippen LogP contribution in [0.2, 0.25) is 0 Å². The molecular weight excluding hydrogens is 293 g/mol. The van der Waals surface area contributed by atoms with Crippen LogP contribution in [-0.4, -0.2) is 24.2 Å². The zero-order chi connectivity index (χ0) is 14.8. The van der Waals surface area contributed by atoms with Crippen LogP contribution in [0.1, 0.15) is 25.3 Å². The average Bonchev–Trinajstić information content (AvgIpc) is 2.38. The molecule has 0 saturated heterocycles. The molecule has 0 N–H and O–H groups in total. The molecule has 1 aliphatic carbocycles. The van der Waals surface area contributed by atoms with Crippen molar-refractivity contribution in [2.45, 2.75) is 43.5 Å². The summed E-state index contributed by atoms with van der Waals surface area (Å²) in [7, 11) is 0. The maximum atomic E-state index is 12.6. The van der Waals surface area contributed by atoms with Crippen molar-refractivity contribution in [3.05, 3.63) is 29.8 Å². The van der Waals surface area contributed by atoms with E-state index in [0.717, 1.165) is 18.6 Å². The minimum Gasteiger partial charge on any atom is -0.488 e. The summed E-state index contributed by atoms with van der Waals surface area (Å²) >= 11 is 6.03. The van der Waals surface area contributed by atoms with Gasteiger partial charge in [-0.3, -0.25) is 0 Å². The monoisotopic (exact) mass is 308 g/mol. The van der Waals surface area contributed by atoms with Gasteiger partial charge in [0.1, 0.15) is 18.0 Å². The zero-order valence-corrected chi connectivity index (χ0v) is 11.7. The van der Waals surface area contributed by atoms with E-state index >= 15 is 0 Å². The Labute approximate surface area is 120 Å². The standard InChI is InChI=1S/C14H16ClF3O2/c1-2-6-19-13-11(15)8-12(13)20-10-5-3-4-9(7-10)14(16,17)18/h3-5,7,11-13H,2,6,8H2,1H3. The first-order chi connectivity index (χ1) is 9.41. The smallest absolute Gasteiger partial charge is 0.416 e. The third kappa shape index (κ3) is 3.58. The molecule has 2 nitrogen and oxygen atoms in total. The van der Waals surface area contributed by atoms with Crippen molar-refractivity contribution in [1.82, 2.24) is 0 Å². The van der Waals surface area contributed by atoms with Crippen LogP contribution >= 0.6 is 11.6 Å². The Balaban J connectivity index is 2.00. The second-order valence-electron chi connectivity index (χ2n) is 4.77. The molecule has 0 radical (unpaired) electrons. The van der Waals surface area contributed by atoms with Gasteiger partial charge in [-0.05, 0) is 24.6 Å². The Morgan fingerprint density at radius 1 is 1.35 bits per heavy atom. The highest BCUT2D eigenvalue weighted by atomic mass is 35.5. The summed E-state index contributed by atoms with van der Waals surface area (Å²) < 4.78 is 48.9. The van der Waals surface area contributed by atoms with Gasteiger partial charge in [0, 0.05) is 13.0 Å². The topological polar surface area (TPSA) is 18.5 Å². The predicted octanol–water partition coefficient (Wildman–Crippen LogP) is 4.26. The molecule has 3 unspecified atom stereocenters. The molecule has 1 fully saturated rings. The van der Waals surface area contributed by atoms with E-state index in [-0.39, 0.29) is 23.3 Å². The molecular formula is C14H16ClF3O2. The third-order valence-corrected chi connectivity index (χ3v) is 3.57. The summed E-state index contributed by atoms with van der Waals surface area (Å²) in [4.78, 5) is 0. The van der Waals surface area contributed by atoms with E-state index in [1.807, 2.05) is 6.92 Å². The molecule has 6 heteroatoms. The zero-order valence-electron chi connectivity index (χ0n) is 11.0. The summed E-state index contributed by atoms with van der Waals surface area (Å²) in [5.74, 6) is 0.193. The fourth-order valence-corrected chi connectivity index (χ4v) is 2.44. The van der Waals surface area contributed by atoms with Crippen LogP contribution in [0, 0.1) is 0 Å². The Kier molecular flexibility index (Phi) is 4.81. The average molecular weight is 309 g/mol. The molecule has 1 aliphatic rings. The van der Waals surface area contributed by atoms with Gasteiger partial charge in [-0.15, -0.1) is 11.6 Å². The third-order valence-electron chi connectivity index (χ3n) is 3.14. The Morgan fingerprint density at radius 2 is 2.10 bits per heavy atom. The summed E-state index contributed by atoms with van der Waals surface area (Å²) in [6, 6.07) is 4.85. The van der Waals surface area contributed by atoms with Crippen molar-refractivity contribution in [2.24, 2.45) is 0 Å². The second kappa shape index (κ2) is 6.22. The molecule has 1 aromatic rings. The fourth-order valence-electron chi connectivity index (χ4n) is 2.03. The highest BCUT2D eigenvalue weighted by molar-refractivity contribution is 6.21. The normalized spacial score (nSPS) is 26.1. The molecule has 0 amide bonds. The maximum Gasteiger partial charge on any atom is 0.416 e. The molecule has 112 valence electrons. The van der Waals surface area contributed by atoms with E-state index in [9.17, 15) is 13.2 Å². The van der Waals surface area contributed by atoms with Crippen molar-refractivity contribution >= 4 is 11.6 Å². The summed E-state index contributed by atoms with van der Waals surface area (Å²) in [5.41, 5.74) is -0.720. The lowest BCUT2D eigenvalue weighted by atomic mass is 9.91. The van der Waals surface area contributed by atoms with E-state index in [1.54, 1.807) is 0 Å². The van der Waals surface area contributed by atoms with Gasteiger partial charge in [-0.25, -0.2) is 0 Å². The van der Waals surface area contributed by atoms with Gasteiger partial charge in [-0.2, -0.15) is 13.2 Å². The number of hydrogen-bond acceptors (Lipinski definition) is 2. The first-order valence-electron chi connectivity index (χ1n) is 6.51. The number of alkyl halides is 4. The van der Waals surface area contributed by atoms with Crippen LogP contribution in [0.5, 0.6) is 5.75 Å². The molecule has 1 aromatic carbocycles. The molecule has 0 spiro atoms.